The predicted octanol–water partition coefficient (Wildman–Crippen LogP) is 1.96. The predicted molar refractivity (Wildman–Crippen MR) is 75.8 cm³/mol. The third-order valence-electron chi connectivity index (χ3n) is 4.74. The summed E-state index contributed by atoms with van der Waals surface area (Å²) in [5.41, 5.74) is 0. The molecule has 3 nitrogen and oxygen atoms in total. The third kappa shape index (κ3) is 4.22. The van der Waals surface area contributed by atoms with E-state index in [0.717, 1.165) is 6.54 Å². The van der Waals surface area contributed by atoms with Crippen molar-refractivity contribution in [2.75, 3.05) is 39.3 Å². The number of aliphatic hydroxyl groups excluding tert-OH is 1. The summed E-state index contributed by atoms with van der Waals surface area (Å²) in [5.74, 6) is 0.524. The Morgan fingerprint density at radius 2 is 1.83 bits per heavy atom. The summed E-state index contributed by atoms with van der Waals surface area (Å²) in [5, 5.41) is 9.29. The second-order valence-electron chi connectivity index (χ2n) is 6.23. The van der Waals surface area contributed by atoms with E-state index in [1.54, 1.807) is 0 Å². The van der Waals surface area contributed by atoms with E-state index in [0.29, 0.717) is 18.6 Å². The summed E-state index contributed by atoms with van der Waals surface area (Å²) >= 11 is 0. The van der Waals surface area contributed by atoms with Gasteiger partial charge in [-0.15, -0.1) is 0 Å². The SMILES string of the molecule is C[C@@H]1CC[C@H](CO)CN1CCCN1CCCCC1. The number of aliphatic hydroxyl groups is 1. The van der Waals surface area contributed by atoms with Gasteiger partial charge in [0.2, 0.25) is 0 Å². The van der Waals surface area contributed by atoms with Crippen molar-refractivity contribution in [3.05, 3.63) is 0 Å². The van der Waals surface area contributed by atoms with Crippen LogP contribution in [0.5, 0.6) is 0 Å². The van der Waals surface area contributed by atoms with Crippen LogP contribution in [0.25, 0.3) is 0 Å². The minimum absolute atomic E-state index is 0.370. The van der Waals surface area contributed by atoms with Gasteiger partial charge in [-0.1, -0.05) is 6.42 Å². The zero-order valence-electron chi connectivity index (χ0n) is 12.0. The van der Waals surface area contributed by atoms with Crippen LogP contribution in [0.2, 0.25) is 0 Å². The van der Waals surface area contributed by atoms with Gasteiger partial charge in [0.15, 0.2) is 0 Å². The van der Waals surface area contributed by atoms with Crippen molar-refractivity contribution in [2.24, 2.45) is 5.92 Å². The molecular weight excluding hydrogens is 224 g/mol. The first-order chi connectivity index (χ1) is 8.79. The molecule has 0 spiro atoms. The summed E-state index contributed by atoms with van der Waals surface area (Å²) in [7, 11) is 0. The number of hydrogen-bond donors (Lipinski definition) is 1. The van der Waals surface area contributed by atoms with Gasteiger partial charge in [-0.2, -0.15) is 0 Å². The fourth-order valence-electron chi connectivity index (χ4n) is 3.40. The molecule has 1 N–H and O–H groups in total. The molecule has 2 aliphatic heterocycles. The normalized spacial score (nSPS) is 31.7. The highest BCUT2D eigenvalue weighted by Crippen LogP contribution is 2.21. The van der Waals surface area contributed by atoms with E-state index in [-0.39, 0.29) is 0 Å². The van der Waals surface area contributed by atoms with Crippen LogP contribution in [0.1, 0.15) is 45.4 Å². The van der Waals surface area contributed by atoms with Crippen LogP contribution in [-0.2, 0) is 0 Å². The fraction of sp³-hybridized carbons (Fsp3) is 1.00. The van der Waals surface area contributed by atoms with E-state index in [4.69, 9.17) is 0 Å². The maximum atomic E-state index is 9.29. The van der Waals surface area contributed by atoms with Crippen molar-refractivity contribution >= 4 is 0 Å². The van der Waals surface area contributed by atoms with E-state index in [1.165, 1.54) is 64.7 Å². The molecular formula is C15H30N2O. The second-order valence-corrected chi connectivity index (χ2v) is 6.23. The molecule has 0 amide bonds. The average Bonchev–Trinajstić information content (AvgIpc) is 2.42. The quantitative estimate of drug-likeness (QED) is 0.812. The number of piperidine rings is 2. The molecule has 18 heavy (non-hydrogen) atoms. The number of likely N-dealkylation sites (tertiary alicyclic amines) is 2. The molecule has 0 unspecified atom stereocenters. The smallest absolute Gasteiger partial charge is 0.0471 e. The summed E-state index contributed by atoms with van der Waals surface area (Å²) in [6.45, 7) is 8.94. The first-order valence-electron chi connectivity index (χ1n) is 7.87. The van der Waals surface area contributed by atoms with E-state index in [9.17, 15) is 5.11 Å². The fourth-order valence-corrected chi connectivity index (χ4v) is 3.40. The Morgan fingerprint density at radius 1 is 1.06 bits per heavy atom. The Kier molecular flexibility index (Phi) is 5.93. The molecule has 0 aromatic rings. The van der Waals surface area contributed by atoms with Gasteiger partial charge in [-0.3, -0.25) is 0 Å². The summed E-state index contributed by atoms with van der Waals surface area (Å²) in [4.78, 5) is 5.22. The van der Waals surface area contributed by atoms with Gasteiger partial charge in [0.1, 0.15) is 0 Å². The Morgan fingerprint density at radius 3 is 2.56 bits per heavy atom. The van der Waals surface area contributed by atoms with Gasteiger partial charge in [-0.05, 0) is 71.1 Å². The molecule has 0 aromatic carbocycles. The van der Waals surface area contributed by atoms with Gasteiger partial charge in [0.25, 0.3) is 0 Å². The molecule has 2 heterocycles. The van der Waals surface area contributed by atoms with Crippen LogP contribution in [-0.4, -0.2) is 60.3 Å². The van der Waals surface area contributed by atoms with Crippen LogP contribution < -0.4 is 0 Å². The molecule has 2 atom stereocenters. The molecule has 2 rings (SSSR count). The lowest BCUT2D eigenvalue weighted by Gasteiger charge is -2.38. The number of hydrogen-bond acceptors (Lipinski definition) is 3. The molecule has 0 aromatic heterocycles. The standard InChI is InChI=1S/C15H30N2O/c1-14-6-7-15(13-18)12-17(14)11-5-10-16-8-3-2-4-9-16/h14-15,18H,2-13H2,1H3/t14-,15+/m1/s1. The van der Waals surface area contributed by atoms with E-state index in [2.05, 4.69) is 16.7 Å². The maximum Gasteiger partial charge on any atom is 0.0471 e. The van der Waals surface area contributed by atoms with Gasteiger partial charge in [-0.25, -0.2) is 0 Å². The Hall–Kier alpha value is -0.120. The molecule has 3 heteroatoms. The summed E-state index contributed by atoms with van der Waals surface area (Å²) < 4.78 is 0. The second kappa shape index (κ2) is 7.46. The van der Waals surface area contributed by atoms with E-state index < -0.39 is 0 Å². The molecule has 0 saturated carbocycles. The van der Waals surface area contributed by atoms with Gasteiger partial charge in [0, 0.05) is 19.2 Å². The molecule has 2 fully saturated rings. The highest BCUT2D eigenvalue weighted by Gasteiger charge is 2.24. The summed E-state index contributed by atoms with van der Waals surface area (Å²) in [6.07, 6.45) is 7.98. The van der Waals surface area contributed by atoms with Gasteiger partial charge in [0.05, 0.1) is 0 Å². The first-order valence-corrected chi connectivity index (χ1v) is 7.87. The minimum Gasteiger partial charge on any atom is -0.396 e. The Balaban J connectivity index is 1.64. The van der Waals surface area contributed by atoms with Crippen LogP contribution >= 0.6 is 0 Å². The topological polar surface area (TPSA) is 26.7 Å². The third-order valence-corrected chi connectivity index (χ3v) is 4.74. The molecule has 2 saturated heterocycles. The first kappa shape index (κ1) is 14.3. The highest BCUT2D eigenvalue weighted by molar-refractivity contribution is 4.79. The van der Waals surface area contributed by atoms with Crippen LogP contribution in [0.4, 0.5) is 0 Å². The Labute approximate surface area is 112 Å². The summed E-state index contributed by atoms with van der Waals surface area (Å²) in [6, 6.07) is 0.717. The minimum atomic E-state index is 0.370. The molecule has 0 bridgehead atoms. The van der Waals surface area contributed by atoms with Crippen molar-refractivity contribution in [3.8, 4) is 0 Å². The zero-order chi connectivity index (χ0) is 12.8. The van der Waals surface area contributed by atoms with Crippen molar-refractivity contribution in [1.82, 2.24) is 9.80 Å². The largest absolute Gasteiger partial charge is 0.396 e. The van der Waals surface area contributed by atoms with Crippen LogP contribution in [0.15, 0.2) is 0 Å². The number of rotatable bonds is 5. The number of nitrogens with zero attached hydrogens (tertiary/aromatic N) is 2. The zero-order valence-corrected chi connectivity index (χ0v) is 12.0. The lowest BCUT2D eigenvalue weighted by Crippen LogP contribution is -2.44. The molecule has 0 aliphatic carbocycles. The van der Waals surface area contributed by atoms with Crippen LogP contribution in [0.3, 0.4) is 0 Å². The van der Waals surface area contributed by atoms with Crippen molar-refractivity contribution in [2.45, 2.75) is 51.5 Å². The lowest BCUT2D eigenvalue weighted by molar-refractivity contribution is 0.0781. The van der Waals surface area contributed by atoms with Crippen LogP contribution in [0, 0.1) is 5.92 Å². The average molecular weight is 254 g/mol. The van der Waals surface area contributed by atoms with E-state index in [1.807, 2.05) is 0 Å². The monoisotopic (exact) mass is 254 g/mol. The lowest BCUT2D eigenvalue weighted by atomic mass is 9.94. The van der Waals surface area contributed by atoms with Gasteiger partial charge < -0.3 is 14.9 Å². The Bertz CT molecular complexity index is 229. The van der Waals surface area contributed by atoms with Crippen molar-refractivity contribution in [3.63, 3.8) is 0 Å². The maximum absolute atomic E-state index is 9.29. The molecule has 2 aliphatic rings. The molecule has 0 radical (unpaired) electrons. The van der Waals surface area contributed by atoms with E-state index >= 15 is 0 Å². The molecule has 106 valence electrons. The van der Waals surface area contributed by atoms with Crippen molar-refractivity contribution < 1.29 is 5.11 Å². The van der Waals surface area contributed by atoms with Gasteiger partial charge >= 0.3 is 0 Å². The highest BCUT2D eigenvalue weighted by atomic mass is 16.3. The van der Waals surface area contributed by atoms with Crippen molar-refractivity contribution in [1.29, 1.82) is 0 Å².